The largest absolute Gasteiger partial charge is 1.00 e. The fourth-order valence-corrected chi connectivity index (χ4v) is 2.38. The van der Waals surface area contributed by atoms with Gasteiger partial charge in [-0.15, -0.1) is 0 Å². The first-order chi connectivity index (χ1) is 9.91. The number of carboxylic acids is 2. The molecule has 0 aromatic heterocycles. The van der Waals surface area contributed by atoms with Crippen LogP contribution in [0.2, 0.25) is 0 Å². The van der Waals surface area contributed by atoms with Crippen LogP contribution in [-0.4, -0.2) is 34.5 Å². The van der Waals surface area contributed by atoms with Crippen LogP contribution in [0.3, 0.4) is 0 Å². The summed E-state index contributed by atoms with van der Waals surface area (Å²) in [5, 5.41) is 20.1. The minimum absolute atomic E-state index is 0. The van der Waals surface area contributed by atoms with Crippen LogP contribution in [0.15, 0.2) is 24.3 Å². The Morgan fingerprint density at radius 1 is 0.913 bits per heavy atom. The molecule has 0 radical (unpaired) electrons. The molecule has 0 fully saturated rings. The normalized spacial score (nSPS) is 12.0. The van der Waals surface area contributed by atoms with Gasteiger partial charge in [0.05, 0.1) is 22.7 Å². The summed E-state index contributed by atoms with van der Waals surface area (Å²) in [6.07, 6.45) is 0. The standard InChI is InChI=1S/C14H6O7.Na.H2O/c15-11(16)5-1-3-7-10-8(14(20)21-13(7)19)4-2-6(9(5)10)12(17)18;;/h1-4H,(H,15,16)(H,17,18);;1H2/q;+1;/p-1. The van der Waals surface area contributed by atoms with Crippen LogP contribution in [0.5, 0.6) is 0 Å². The first kappa shape index (κ1) is 18.8. The molecule has 8 nitrogen and oxygen atoms in total. The van der Waals surface area contributed by atoms with Gasteiger partial charge in [0.25, 0.3) is 0 Å². The summed E-state index contributed by atoms with van der Waals surface area (Å²) >= 11 is 0. The van der Waals surface area contributed by atoms with E-state index in [9.17, 15) is 29.4 Å². The van der Waals surface area contributed by atoms with Gasteiger partial charge in [-0.3, -0.25) is 0 Å². The van der Waals surface area contributed by atoms with Gasteiger partial charge in [-0.25, -0.2) is 14.4 Å². The number of carbonyl (C=O) groups excluding carboxylic acids is 3. The van der Waals surface area contributed by atoms with Crippen molar-refractivity contribution < 1.29 is 69.2 Å². The summed E-state index contributed by atoms with van der Waals surface area (Å²) in [5.41, 5.74) is -0.867. The number of esters is 2. The number of hydrogen-bond donors (Lipinski definition) is 1. The molecule has 3 rings (SSSR count). The number of cyclic esters (lactones) is 2. The summed E-state index contributed by atoms with van der Waals surface area (Å²) in [5.74, 6) is -4.89. The SMILES string of the molecule is O.O=C([O-])c1ccc2c3c(ccc(C(=O)O)c13)C(=O)OC2=O.[Na+]. The van der Waals surface area contributed by atoms with Crippen LogP contribution < -0.4 is 34.7 Å². The zero-order valence-corrected chi connectivity index (χ0v) is 13.7. The van der Waals surface area contributed by atoms with E-state index in [1.165, 1.54) is 6.07 Å². The van der Waals surface area contributed by atoms with Crippen molar-refractivity contribution >= 4 is 34.6 Å². The van der Waals surface area contributed by atoms with Crippen molar-refractivity contribution in [2.24, 2.45) is 0 Å². The average molecular weight is 326 g/mol. The molecule has 1 heterocycles. The maximum absolute atomic E-state index is 11.7. The Balaban J connectivity index is 0.00000132. The summed E-state index contributed by atoms with van der Waals surface area (Å²) in [6, 6.07) is 4.49. The predicted molar refractivity (Wildman–Crippen MR) is 68.6 cm³/mol. The number of aromatic carboxylic acids is 2. The number of ether oxygens (including phenoxy) is 1. The third-order valence-corrected chi connectivity index (χ3v) is 3.24. The number of carbonyl (C=O) groups is 4. The van der Waals surface area contributed by atoms with E-state index in [-0.39, 0.29) is 62.5 Å². The van der Waals surface area contributed by atoms with E-state index in [0.29, 0.717) is 0 Å². The van der Waals surface area contributed by atoms with Crippen LogP contribution in [-0.2, 0) is 4.74 Å². The molecule has 112 valence electrons. The van der Waals surface area contributed by atoms with E-state index in [1.807, 2.05) is 0 Å². The van der Waals surface area contributed by atoms with Gasteiger partial charge in [0.15, 0.2) is 0 Å². The molecule has 0 amide bonds. The van der Waals surface area contributed by atoms with Crippen molar-refractivity contribution in [3.05, 3.63) is 46.5 Å². The number of rotatable bonds is 2. The van der Waals surface area contributed by atoms with Gasteiger partial charge in [0, 0.05) is 16.3 Å². The Morgan fingerprint density at radius 3 is 1.83 bits per heavy atom. The molecule has 1 aliphatic rings. The monoisotopic (exact) mass is 326 g/mol. The van der Waals surface area contributed by atoms with Crippen molar-refractivity contribution in [1.29, 1.82) is 0 Å². The maximum atomic E-state index is 11.7. The third-order valence-electron chi connectivity index (χ3n) is 3.24. The molecule has 9 heteroatoms. The first-order valence-corrected chi connectivity index (χ1v) is 5.72. The van der Waals surface area contributed by atoms with Crippen molar-refractivity contribution in [2.75, 3.05) is 0 Å². The topological polar surface area (TPSA) is 152 Å². The van der Waals surface area contributed by atoms with E-state index >= 15 is 0 Å². The van der Waals surface area contributed by atoms with Gasteiger partial charge in [0.1, 0.15) is 0 Å². The third kappa shape index (κ3) is 2.73. The van der Waals surface area contributed by atoms with Gasteiger partial charge in [-0.1, -0.05) is 6.07 Å². The zero-order chi connectivity index (χ0) is 15.3. The summed E-state index contributed by atoms with van der Waals surface area (Å²) < 4.78 is 4.52. The van der Waals surface area contributed by atoms with Gasteiger partial charge >= 0.3 is 47.5 Å². The molecule has 0 saturated carbocycles. The quantitative estimate of drug-likeness (QED) is 0.340. The van der Waals surface area contributed by atoms with E-state index in [1.54, 1.807) is 0 Å². The molecule has 2 aromatic carbocycles. The molecule has 1 aliphatic heterocycles. The fourth-order valence-electron chi connectivity index (χ4n) is 2.38. The Hall–Kier alpha value is -2.26. The Labute approximate surface area is 150 Å². The number of benzene rings is 2. The second-order valence-electron chi connectivity index (χ2n) is 4.34. The fraction of sp³-hybridized carbons (Fsp3) is 0. The van der Waals surface area contributed by atoms with E-state index < -0.39 is 29.4 Å². The van der Waals surface area contributed by atoms with Crippen molar-refractivity contribution in [3.63, 3.8) is 0 Å². The molecule has 0 saturated heterocycles. The van der Waals surface area contributed by atoms with Gasteiger partial charge in [-0.2, -0.15) is 0 Å². The van der Waals surface area contributed by atoms with Crippen LogP contribution in [0, 0.1) is 0 Å². The van der Waals surface area contributed by atoms with Gasteiger partial charge < -0.3 is 25.2 Å². The summed E-state index contributed by atoms with van der Waals surface area (Å²) in [6.45, 7) is 0. The van der Waals surface area contributed by atoms with Gasteiger partial charge in [0.2, 0.25) is 0 Å². The van der Waals surface area contributed by atoms with E-state index in [0.717, 1.165) is 18.2 Å². The van der Waals surface area contributed by atoms with Crippen LogP contribution in [0.25, 0.3) is 10.8 Å². The molecule has 0 spiro atoms. The zero-order valence-electron chi connectivity index (χ0n) is 11.7. The Bertz CT molecular complexity index is 804. The van der Waals surface area contributed by atoms with E-state index in [4.69, 9.17) is 0 Å². The minimum Gasteiger partial charge on any atom is -0.545 e. The van der Waals surface area contributed by atoms with Crippen molar-refractivity contribution in [2.45, 2.75) is 0 Å². The second-order valence-corrected chi connectivity index (χ2v) is 4.34. The molecule has 0 atom stereocenters. The molecular weight excluding hydrogens is 319 g/mol. The molecule has 0 aliphatic carbocycles. The number of hydrogen-bond acceptors (Lipinski definition) is 6. The molecule has 23 heavy (non-hydrogen) atoms. The Morgan fingerprint density at radius 2 is 1.39 bits per heavy atom. The molecule has 0 bridgehead atoms. The maximum Gasteiger partial charge on any atom is 1.00 e. The van der Waals surface area contributed by atoms with Crippen LogP contribution >= 0.6 is 0 Å². The number of carboxylic acid groups (broad SMARTS) is 2. The summed E-state index contributed by atoms with van der Waals surface area (Å²) in [7, 11) is 0. The Kier molecular flexibility index (Phi) is 5.28. The molecule has 0 unspecified atom stereocenters. The van der Waals surface area contributed by atoms with Crippen LogP contribution in [0.4, 0.5) is 0 Å². The van der Waals surface area contributed by atoms with Crippen LogP contribution in [0.1, 0.15) is 41.4 Å². The second kappa shape index (κ2) is 6.47. The average Bonchev–Trinajstić information content (AvgIpc) is 2.43. The summed E-state index contributed by atoms with van der Waals surface area (Å²) in [4.78, 5) is 45.8. The first-order valence-electron chi connectivity index (χ1n) is 5.72. The molecular formula is C14H7NaO8. The minimum atomic E-state index is -1.60. The van der Waals surface area contributed by atoms with Gasteiger partial charge in [-0.05, 0) is 18.2 Å². The van der Waals surface area contributed by atoms with Crippen molar-refractivity contribution in [1.82, 2.24) is 0 Å². The smallest absolute Gasteiger partial charge is 0.545 e. The molecule has 3 N–H and O–H groups in total. The van der Waals surface area contributed by atoms with E-state index in [2.05, 4.69) is 4.74 Å². The van der Waals surface area contributed by atoms with Crippen molar-refractivity contribution in [3.8, 4) is 0 Å². The molecule has 2 aromatic rings. The predicted octanol–water partition coefficient (Wildman–Crippen LogP) is -3.61.